The second-order valence-corrected chi connectivity index (χ2v) is 10.9. The molecule has 0 fully saturated rings. The van der Waals surface area contributed by atoms with Gasteiger partial charge in [-0.2, -0.15) is 5.12 Å². The van der Waals surface area contributed by atoms with E-state index in [4.69, 9.17) is 16.6 Å². The Labute approximate surface area is 255 Å². The van der Waals surface area contributed by atoms with Crippen molar-refractivity contribution in [2.24, 2.45) is 16.7 Å². The molecule has 1 amide bonds. The molecule has 12 heteroatoms. The predicted molar refractivity (Wildman–Crippen MR) is 166 cm³/mol. The Morgan fingerprint density at radius 1 is 1.11 bits per heavy atom. The predicted octanol–water partition coefficient (Wildman–Crippen LogP) is 4.43. The standard InChI is InChI=1S/C32H37N7O5/c1-5-9-28-35-29(32(3,4)41)21(2)37(28)19-22-14-16-24(17-15-22)26-12-6-7-13-27(26)30(33)36-38(34)31(40)25-11-8-10-23(18-25)20-44-39(42)43/h6-8,10-18,41H,5,9,19-20,34H2,1-4H3,(H2,33,36). The van der Waals surface area contributed by atoms with Crippen LogP contribution in [0.2, 0.25) is 0 Å². The zero-order valence-corrected chi connectivity index (χ0v) is 25.2. The molecular weight excluding hydrogens is 562 g/mol. The Balaban J connectivity index is 1.55. The molecule has 0 radical (unpaired) electrons. The lowest BCUT2D eigenvalue weighted by atomic mass is 9.98. The van der Waals surface area contributed by atoms with Crippen LogP contribution in [-0.2, 0) is 30.0 Å². The Kier molecular flexibility index (Phi) is 9.77. The molecule has 1 aromatic heterocycles. The van der Waals surface area contributed by atoms with Gasteiger partial charge in [0.05, 0.1) is 5.69 Å². The first-order valence-corrected chi connectivity index (χ1v) is 14.2. The van der Waals surface area contributed by atoms with E-state index in [2.05, 4.69) is 21.4 Å². The van der Waals surface area contributed by atoms with Crippen LogP contribution >= 0.6 is 0 Å². The number of aliphatic hydroxyl groups is 1. The lowest BCUT2D eigenvalue weighted by molar-refractivity contribution is -0.763. The Morgan fingerprint density at radius 3 is 2.48 bits per heavy atom. The van der Waals surface area contributed by atoms with Gasteiger partial charge in [0.25, 0.3) is 11.0 Å². The summed E-state index contributed by atoms with van der Waals surface area (Å²) in [4.78, 5) is 32.6. The van der Waals surface area contributed by atoms with Gasteiger partial charge >= 0.3 is 0 Å². The molecule has 0 unspecified atom stereocenters. The summed E-state index contributed by atoms with van der Waals surface area (Å²) in [6, 6.07) is 21.6. The maximum atomic E-state index is 12.9. The van der Waals surface area contributed by atoms with Crippen molar-refractivity contribution in [2.45, 2.75) is 59.3 Å². The van der Waals surface area contributed by atoms with E-state index in [0.717, 1.165) is 41.1 Å². The third-order valence-electron chi connectivity index (χ3n) is 7.10. The highest BCUT2D eigenvalue weighted by Gasteiger charge is 2.25. The van der Waals surface area contributed by atoms with Crippen LogP contribution in [0.3, 0.4) is 0 Å². The SMILES string of the molecule is CCCc1nc(C(C)(C)O)c(C)n1Cc1ccc(-c2ccccc2/C(N)=N/N(N)C(=O)c2cccc(CO[N+](=O)[O-])c2)cc1. The summed E-state index contributed by atoms with van der Waals surface area (Å²) in [7, 11) is 0. The number of benzene rings is 3. The first-order valence-electron chi connectivity index (χ1n) is 14.2. The van der Waals surface area contributed by atoms with Gasteiger partial charge in [-0.05, 0) is 61.6 Å². The second kappa shape index (κ2) is 13.5. The number of nitrogens with zero attached hydrogens (tertiary/aromatic N) is 5. The molecule has 12 nitrogen and oxygen atoms in total. The molecule has 0 aliphatic carbocycles. The van der Waals surface area contributed by atoms with Gasteiger partial charge in [-0.25, -0.2) is 10.8 Å². The third-order valence-corrected chi connectivity index (χ3v) is 7.10. The van der Waals surface area contributed by atoms with Crippen LogP contribution in [-0.4, -0.2) is 36.6 Å². The van der Waals surface area contributed by atoms with E-state index >= 15 is 0 Å². The Morgan fingerprint density at radius 2 is 1.82 bits per heavy atom. The minimum Gasteiger partial charge on any atom is -0.384 e. The quantitative estimate of drug-likeness (QED) is 0.0535. The highest BCUT2D eigenvalue weighted by atomic mass is 16.9. The number of imidazole rings is 1. The Bertz CT molecular complexity index is 1670. The third kappa shape index (κ3) is 7.46. The molecular formula is C32H37N7O5. The summed E-state index contributed by atoms with van der Waals surface area (Å²) >= 11 is 0. The fourth-order valence-corrected chi connectivity index (χ4v) is 5.00. The monoisotopic (exact) mass is 599 g/mol. The number of aryl methyl sites for hydroxylation is 1. The second-order valence-electron chi connectivity index (χ2n) is 10.9. The average molecular weight is 600 g/mol. The number of nitrogens with two attached hydrogens (primary N) is 2. The average Bonchev–Trinajstić information content (AvgIpc) is 3.31. The summed E-state index contributed by atoms with van der Waals surface area (Å²) in [5.41, 5.74) is 10.9. The lowest BCUT2D eigenvalue weighted by Crippen LogP contribution is -2.35. The molecule has 0 bridgehead atoms. The van der Waals surface area contributed by atoms with Crippen LogP contribution in [0.4, 0.5) is 0 Å². The summed E-state index contributed by atoms with van der Waals surface area (Å²) in [5, 5.41) is 25.0. The van der Waals surface area contributed by atoms with Crippen molar-refractivity contribution in [3.05, 3.63) is 122 Å². The van der Waals surface area contributed by atoms with Crippen molar-refractivity contribution in [3.8, 4) is 11.1 Å². The molecule has 0 saturated heterocycles. The molecule has 0 atom stereocenters. The van der Waals surface area contributed by atoms with E-state index in [-0.39, 0.29) is 18.0 Å². The summed E-state index contributed by atoms with van der Waals surface area (Å²) in [6.45, 7) is 7.89. The van der Waals surface area contributed by atoms with Crippen molar-refractivity contribution < 1.29 is 19.8 Å². The maximum absolute atomic E-state index is 12.9. The molecule has 4 aromatic rings. The zero-order valence-electron chi connectivity index (χ0n) is 25.2. The van der Waals surface area contributed by atoms with Crippen LogP contribution < -0.4 is 11.6 Å². The van der Waals surface area contributed by atoms with E-state index < -0.39 is 16.6 Å². The van der Waals surface area contributed by atoms with Gasteiger partial charge in [-0.15, -0.1) is 15.2 Å². The van der Waals surface area contributed by atoms with Gasteiger partial charge in [0.1, 0.15) is 18.0 Å². The Hall–Kier alpha value is -5.07. The van der Waals surface area contributed by atoms with Crippen molar-refractivity contribution in [3.63, 3.8) is 0 Å². The minimum atomic E-state index is -1.03. The van der Waals surface area contributed by atoms with Crippen molar-refractivity contribution in [1.82, 2.24) is 14.7 Å². The van der Waals surface area contributed by atoms with Crippen LogP contribution in [0.1, 0.15) is 71.5 Å². The smallest absolute Gasteiger partial charge is 0.294 e. The van der Waals surface area contributed by atoms with E-state index in [1.54, 1.807) is 32.0 Å². The summed E-state index contributed by atoms with van der Waals surface area (Å²) in [6.07, 6.45) is 1.75. The van der Waals surface area contributed by atoms with Crippen LogP contribution in [0.5, 0.6) is 0 Å². The van der Waals surface area contributed by atoms with Gasteiger partial charge in [-0.1, -0.05) is 67.6 Å². The van der Waals surface area contributed by atoms with Crippen LogP contribution in [0.15, 0.2) is 77.9 Å². The number of carbonyl (C=O) groups is 1. The number of hydrogen-bond donors (Lipinski definition) is 3. The van der Waals surface area contributed by atoms with Gasteiger partial charge in [-0.3, -0.25) is 4.79 Å². The van der Waals surface area contributed by atoms with Gasteiger partial charge in [0.15, 0.2) is 5.84 Å². The lowest BCUT2D eigenvalue weighted by Gasteiger charge is -2.16. The summed E-state index contributed by atoms with van der Waals surface area (Å²) in [5.74, 6) is 6.30. The topological polar surface area (TPSA) is 175 Å². The molecule has 1 heterocycles. The zero-order chi connectivity index (χ0) is 32.0. The fourth-order valence-electron chi connectivity index (χ4n) is 5.00. The van der Waals surface area contributed by atoms with Crippen LogP contribution in [0, 0.1) is 17.0 Å². The van der Waals surface area contributed by atoms with Crippen molar-refractivity contribution >= 4 is 11.7 Å². The number of hydrazone groups is 1. The molecule has 0 spiro atoms. The molecule has 0 aliphatic rings. The van der Waals surface area contributed by atoms with Gasteiger partial charge < -0.3 is 20.2 Å². The van der Waals surface area contributed by atoms with Crippen molar-refractivity contribution in [2.75, 3.05) is 0 Å². The fraction of sp³-hybridized carbons (Fsp3) is 0.281. The number of amidine groups is 1. The highest BCUT2D eigenvalue weighted by molar-refractivity contribution is 6.04. The largest absolute Gasteiger partial charge is 0.384 e. The maximum Gasteiger partial charge on any atom is 0.294 e. The van der Waals surface area contributed by atoms with E-state index in [9.17, 15) is 20.0 Å². The number of hydrazine groups is 1. The number of aromatic nitrogens is 2. The number of amides is 1. The molecule has 0 aliphatic heterocycles. The molecule has 230 valence electrons. The van der Waals surface area contributed by atoms with E-state index in [1.807, 2.05) is 49.4 Å². The normalized spacial score (nSPS) is 11.8. The van der Waals surface area contributed by atoms with E-state index in [1.165, 1.54) is 12.1 Å². The molecule has 5 N–H and O–H groups in total. The number of rotatable bonds is 12. The molecule has 4 rings (SSSR count). The molecule has 44 heavy (non-hydrogen) atoms. The van der Waals surface area contributed by atoms with Crippen LogP contribution in [0.25, 0.3) is 11.1 Å². The number of hydrogen-bond acceptors (Lipinski definition) is 8. The first kappa shape index (κ1) is 31.9. The molecule has 3 aromatic carbocycles. The number of carbonyl (C=O) groups excluding carboxylic acids is 1. The van der Waals surface area contributed by atoms with Gasteiger partial charge in [0.2, 0.25) is 0 Å². The highest BCUT2D eigenvalue weighted by Crippen LogP contribution is 2.27. The van der Waals surface area contributed by atoms with Crippen molar-refractivity contribution in [1.29, 1.82) is 0 Å². The first-order chi connectivity index (χ1) is 20.9. The summed E-state index contributed by atoms with van der Waals surface area (Å²) < 4.78 is 2.16. The van der Waals surface area contributed by atoms with E-state index in [0.29, 0.717) is 28.5 Å². The minimum absolute atomic E-state index is 0.0331. The van der Waals surface area contributed by atoms with Gasteiger partial charge in [0, 0.05) is 29.8 Å². The molecule has 0 saturated carbocycles.